The first-order valence-corrected chi connectivity index (χ1v) is 6.67. The third-order valence-electron chi connectivity index (χ3n) is 2.96. The van der Waals surface area contributed by atoms with Gasteiger partial charge in [0.15, 0.2) is 0 Å². The molecule has 1 aliphatic heterocycles. The molecule has 0 aromatic heterocycles. The van der Waals surface area contributed by atoms with E-state index in [1.165, 1.54) is 0 Å². The number of carbonyl (C=O) groups is 1. The molecule has 6 heteroatoms. The van der Waals surface area contributed by atoms with Crippen molar-refractivity contribution in [2.45, 2.75) is 12.5 Å². The average Bonchev–Trinajstić information content (AvgIpc) is 2.38. The lowest BCUT2D eigenvalue weighted by Crippen LogP contribution is -2.43. The van der Waals surface area contributed by atoms with Crippen molar-refractivity contribution >= 4 is 27.6 Å². The number of carboxylic acids is 1. The van der Waals surface area contributed by atoms with E-state index in [0.717, 1.165) is 10.2 Å². The topological polar surface area (TPSA) is 73.6 Å². The third-order valence-corrected chi connectivity index (χ3v) is 3.59. The smallest absolute Gasteiger partial charge is 0.306 e. The first-order valence-electron chi connectivity index (χ1n) is 5.88. The molecule has 1 aromatic carbocycles. The molecule has 1 N–H and O–H groups in total. The van der Waals surface area contributed by atoms with Gasteiger partial charge in [-0.15, -0.1) is 0 Å². The highest BCUT2D eigenvalue weighted by Gasteiger charge is 2.24. The second-order valence-electron chi connectivity index (χ2n) is 4.31. The SMILES string of the molecule is N#Cc1ccc(N2CCOC(CC(=O)O)C2)c(Br)c1. The number of benzene rings is 1. The van der Waals surface area contributed by atoms with Gasteiger partial charge in [0.25, 0.3) is 0 Å². The van der Waals surface area contributed by atoms with Crippen LogP contribution >= 0.6 is 15.9 Å². The zero-order chi connectivity index (χ0) is 13.8. The van der Waals surface area contributed by atoms with Gasteiger partial charge in [0.2, 0.25) is 0 Å². The summed E-state index contributed by atoms with van der Waals surface area (Å²) >= 11 is 3.44. The fraction of sp³-hybridized carbons (Fsp3) is 0.385. The van der Waals surface area contributed by atoms with Crippen molar-refractivity contribution in [3.8, 4) is 6.07 Å². The Bertz CT molecular complexity index is 527. The van der Waals surface area contributed by atoms with Crippen LogP contribution in [0, 0.1) is 11.3 Å². The van der Waals surface area contributed by atoms with E-state index in [0.29, 0.717) is 25.3 Å². The highest BCUT2D eigenvalue weighted by Crippen LogP contribution is 2.29. The summed E-state index contributed by atoms with van der Waals surface area (Å²) in [5.74, 6) is -0.856. The van der Waals surface area contributed by atoms with Crippen LogP contribution in [0.25, 0.3) is 0 Å². The first-order chi connectivity index (χ1) is 9.10. The molecule has 0 saturated carbocycles. The zero-order valence-corrected chi connectivity index (χ0v) is 11.8. The summed E-state index contributed by atoms with van der Waals surface area (Å²) in [6.45, 7) is 1.75. The summed E-state index contributed by atoms with van der Waals surface area (Å²) in [7, 11) is 0. The van der Waals surface area contributed by atoms with Crippen molar-refractivity contribution in [3.05, 3.63) is 28.2 Å². The molecule has 1 atom stereocenters. The van der Waals surface area contributed by atoms with Gasteiger partial charge >= 0.3 is 5.97 Å². The molecule has 0 radical (unpaired) electrons. The molecule has 1 aromatic rings. The van der Waals surface area contributed by atoms with Crippen LogP contribution in [0.2, 0.25) is 0 Å². The second-order valence-corrected chi connectivity index (χ2v) is 5.17. The number of hydrogen-bond donors (Lipinski definition) is 1. The van der Waals surface area contributed by atoms with Gasteiger partial charge in [0, 0.05) is 17.6 Å². The largest absolute Gasteiger partial charge is 0.481 e. The molecule has 1 fully saturated rings. The average molecular weight is 325 g/mol. The van der Waals surface area contributed by atoms with Gasteiger partial charge in [-0.05, 0) is 34.1 Å². The lowest BCUT2D eigenvalue weighted by Gasteiger charge is -2.34. The van der Waals surface area contributed by atoms with Crippen LogP contribution in [0.4, 0.5) is 5.69 Å². The van der Waals surface area contributed by atoms with Gasteiger partial charge < -0.3 is 14.7 Å². The molecule has 0 bridgehead atoms. The van der Waals surface area contributed by atoms with Gasteiger partial charge in [0.1, 0.15) is 0 Å². The summed E-state index contributed by atoms with van der Waals surface area (Å²) in [6.07, 6.45) is -0.293. The van der Waals surface area contributed by atoms with E-state index in [9.17, 15) is 4.79 Å². The van der Waals surface area contributed by atoms with Crippen LogP contribution in [-0.2, 0) is 9.53 Å². The number of hydrogen-bond acceptors (Lipinski definition) is 4. The van der Waals surface area contributed by atoms with Crippen molar-refractivity contribution < 1.29 is 14.6 Å². The fourth-order valence-electron chi connectivity index (χ4n) is 2.09. The predicted molar refractivity (Wildman–Crippen MR) is 73.1 cm³/mol. The first kappa shape index (κ1) is 13.8. The van der Waals surface area contributed by atoms with Gasteiger partial charge in [-0.25, -0.2) is 0 Å². The van der Waals surface area contributed by atoms with Gasteiger partial charge in [-0.2, -0.15) is 5.26 Å². The minimum absolute atomic E-state index is 0.00436. The van der Waals surface area contributed by atoms with E-state index in [1.807, 2.05) is 6.07 Å². The molecule has 19 heavy (non-hydrogen) atoms. The maximum atomic E-state index is 10.7. The molecule has 1 heterocycles. The number of aliphatic carboxylic acids is 1. The van der Waals surface area contributed by atoms with E-state index < -0.39 is 5.97 Å². The third kappa shape index (κ3) is 3.46. The second kappa shape index (κ2) is 6.04. The number of morpholine rings is 1. The van der Waals surface area contributed by atoms with Crippen LogP contribution in [0.15, 0.2) is 22.7 Å². The Balaban J connectivity index is 2.13. The van der Waals surface area contributed by atoms with Crippen LogP contribution in [0.5, 0.6) is 0 Å². The van der Waals surface area contributed by atoms with Crippen LogP contribution < -0.4 is 4.90 Å². The summed E-state index contributed by atoms with van der Waals surface area (Å²) in [5, 5.41) is 17.6. The fourth-order valence-corrected chi connectivity index (χ4v) is 2.72. The quantitative estimate of drug-likeness (QED) is 0.920. The molecule has 0 spiro atoms. The Hall–Kier alpha value is -1.58. The van der Waals surface area contributed by atoms with Gasteiger partial charge in [-0.3, -0.25) is 4.79 Å². The van der Waals surface area contributed by atoms with Gasteiger partial charge in [0.05, 0.1) is 36.5 Å². The standard InChI is InChI=1S/C13H13BrN2O3/c14-11-5-9(7-15)1-2-12(11)16-3-4-19-10(8-16)6-13(17)18/h1-2,5,10H,3-4,6,8H2,(H,17,18). The number of nitrogens with zero attached hydrogens (tertiary/aromatic N) is 2. The zero-order valence-electron chi connectivity index (χ0n) is 10.2. The number of rotatable bonds is 3. The summed E-state index contributed by atoms with van der Waals surface area (Å²) in [5.41, 5.74) is 1.55. The molecule has 0 aliphatic carbocycles. The minimum atomic E-state index is -0.856. The van der Waals surface area contributed by atoms with Crippen molar-refractivity contribution in [3.63, 3.8) is 0 Å². The molecule has 5 nitrogen and oxygen atoms in total. The van der Waals surface area contributed by atoms with E-state index in [4.69, 9.17) is 15.1 Å². The summed E-state index contributed by atoms with van der Waals surface area (Å²) in [4.78, 5) is 12.8. The Kier molecular flexibility index (Phi) is 4.40. The molecular weight excluding hydrogens is 312 g/mol. The van der Waals surface area contributed by atoms with Crippen LogP contribution in [-0.4, -0.2) is 36.9 Å². The van der Waals surface area contributed by atoms with Crippen molar-refractivity contribution in [1.82, 2.24) is 0 Å². The molecule has 1 aliphatic rings. The maximum absolute atomic E-state index is 10.7. The molecule has 1 saturated heterocycles. The maximum Gasteiger partial charge on any atom is 0.306 e. The van der Waals surface area contributed by atoms with Crippen LogP contribution in [0.3, 0.4) is 0 Å². The molecule has 0 amide bonds. The highest BCUT2D eigenvalue weighted by molar-refractivity contribution is 9.10. The number of ether oxygens (including phenoxy) is 1. The van der Waals surface area contributed by atoms with Crippen molar-refractivity contribution in [2.75, 3.05) is 24.6 Å². The van der Waals surface area contributed by atoms with E-state index >= 15 is 0 Å². The Morgan fingerprint density at radius 1 is 1.63 bits per heavy atom. The van der Waals surface area contributed by atoms with Crippen LogP contribution in [0.1, 0.15) is 12.0 Å². The minimum Gasteiger partial charge on any atom is -0.481 e. The number of halogens is 1. The Labute approximate surface area is 119 Å². The lowest BCUT2D eigenvalue weighted by molar-refractivity contribution is -0.140. The van der Waals surface area contributed by atoms with E-state index in [2.05, 4.69) is 26.9 Å². The normalized spacial score (nSPS) is 18.9. The highest BCUT2D eigenvalue weighted by atomic mass is 79.9. The van der Waals surface area contributed by atoms with E-state index in [1.54, 1.807) is 12.1 Å². The number of carboxylic acid groups (broad SMARTS) is 1. The Morgan fingerprint density at radius 2 is 2.42 bits per heavy atom. The number of nitriles is 1. The molecule has 100 valence electrons. The van der Waals surface area contributed by atoms with Gasteiger partial charge in [-0.1, -0.05) is 0 Å². The summed E-state index contributed by atoms with van der Waals surface area (Å²) in [6, 6.07) is 7.46. The van der Waals surface area contributed by atoms with Crippen molar-refractivity contribution in [1.29, 1.82) is 5.26 Å². The Morgan fingerprint density at radius 3 is 3.05 bits per heavy atom. The van der Waals surface area contributed by atoms with E-state index in [-0.39, 0.29) is 12.5 Å². The lowest BCUT2D eigenvalue weighted by atomic mass is 10.1. The van der Waals surface area contributed by atoms with Crippen molar-refractivity contribution in [2.24, 2.45) is 0 Å². The summed E-state index contributed by atoms with van der Waals surface area (Å²) < 4.78 is 6.27. The molecule has 1 unspecified atom stereocenters. The molecular formula is C13H13BrN2O3. The molecule has 2 rings (SSSR count). The monoisotopic (exact) mass is 324 g/mol. The predicted octanol–water partition coefficient (Wildman–Crippen LogP) is 2.00. The number of anilines is 1.